The van der Waals surface area contributed by atoms with Gasteiger partial charge in [0.2, 0.25) is 0 Å². The molecule has 1 aromatic carbocycles. The Morgan fingerprint density at radius 1 is 1.29 bits per heavy atom. The Kier molecular flexibility index (Phi) is 4.82. The summed E-state index contributed by atoms with van der Waals surface area (Å²) < 4.78 is 38.7. The summed E-state index contributed by atoms with van der Waals surface area (Å²) in [4.78, 5) is 0.594. The van der Waals surface area contributed by atoms with Crippen molar-refractivity contribution < 1.29 is 13.2 Å². The number of halogens is 3. The maximum Gasteiger partial charge on any atom is 0.398 e. The van der Waals surface area contributed by atoms with Crippen LogP contribution in [0.25, 0.3) is 0 Å². The summed E-state index contributed by atoms with van der Waals surface area (Å²) in [5.41, 5.74) is 2.63. The van der Waals surface area contributed by atoms with Crippen molar-refractivity contribution in [2.75, 3.05) is 11.1 Å². The number of para-hydroxylation sites is 1. The molecule has 114 valence electrons. The molecule has 0 aliphatic carbocycles. The fraction of sp³-hybridized carbons (Fsp3) is 0.357. The zero-order chi connectivity index (χ0) is 15.5. The highest BCUT2D eigenvalue weighted by Gasteiger charge is 2.27. The van der Waals surface area contributed by atoms with Crippen molar-refractivity contribution in [3.8, 4) is 0 Å². The topological polar surface area (TPSA) is 29.9 Å². The second kappa shape index (κ2) is 6.43. The molecule has 0 fully saturated rings. The van der Waals surface area contributed by atoms with Gasteiger partial charge in [-0.3, -0.25) is 4.68 Å². The minimum atomic E-state index is -4.17. The third-order valence-electron chi connectivity index (χ3n) is 2.86. The van der Waals surface area contributed by atoms with Gasteiger partial charge in [-0.05, 0) is 19.1 Å². The van der Waals surface area contributed by atoms with E-state index in [0.29, 0.717) is 17.1 Å². The summed E-state index contributed by atoms with van der Waals surface area (Å²) in [6.45, 7) is 2.44. The molecule has 3 nitrogen and oxygen atoms in total. The lowest BCUT2D eigenvalue weighted by Crippen LogP contribution is -2.11. The Balaban J connectivity index is 2.04. The van der Waals surface area contributed by atoms with Gasteiger partial charge in [0.05, 0.1) is 11.4 Å². The van der Waals surface area contributed by atoms with E-state index < -0.39 is 11.9 Å². The molecule has 0 atom stereocenters. The van der Waals surface area contributed by atoms with Crippen LogP contribution in [0.15, 0.2) is 35.4 Å². The van der Waals surface area contributed by atoms with Gasteiger partial charge in [-0.25, -0.2) is 0 Å². The molecule has 7 heteroatoms. The number of benzene rings is 1. The highest BCUT2D eigenvalue weighted by Crippen LogP contribution is 2.32. The van der Waals surface area contributed by atoms with E-state index in [4.69, 9.17) is 0 Å². The number of hydrogen-bond donors (Lipinski definition) is 1. The molecule has 0 saturated carbocycles. The molecule has 2 aromatic rings. The summed E-state index contributed by atoms with van der Waals surface area (Å²) in [6, 6.07) is 7.01. The van der Waals surface area contributed by atoms with Crippen molar-refractivity contribution >= 4 is 17.4 Å². The molecule has 1 aromatic heterocycles. The number of rotatable bonds is 5. The van der Waals surface area contributed by atoms with Gasteiger partial charge in [0, 0.05) is 35.9 Å². The minimum absolute atomic E-state index is 0.531. The van der Waals surface area contributed by atoms with Crippen LogP contribution in [0.5, 0.6) is 0 Å². The molecule has 1 heterocycles. The Morgan fingerprint density at radius 2 is 2.00 bits per heavy atom. The van der Waals surface area contributed by atoms with Crippen molar-refractivity contribution in [2.45, 2.75) is 24.5 Å². The summed E-state index contributed by atoms with van der Waals surface area (Å²) in [7, 11) is 1.84. The highest BCUT2D eigenvalue weighted by atomic mass is 32.2. The van der Waals surface area contributed by atoms with E-state index in [2.05, 4.69) is 10.4 Å². The number of aryl methyl sites for hydroxylation is 2. The van der Waals surface area contributed by atoms with Gasteiger partial charge in [-0.15, -0.1) is 11.8 Å². The van der Waals surface area contributed by atoms with Crippen molar-refractivity contribution in [2.24, 2.45) is 7.05 Å². The van der Waals surface area contributed by atoms with E-state index in [1.165, 1.54) is 0 Å². The van der Waals surface area contributed by atoms with Crippen LogP contribution >= 0.6 is 11.8 Å². The number of nitrogens with one attached hydrogen (secondary N) is 1. The van der Waals surface area contributed by atoms with Crippen LogP contribution in [0.2, 0.25) is 0 Å². The van der Waals surface area contributed by atoms with Crippen LogP contribution in [0.4, 0.5) is 18.9 Å². The second-order valence-electron chi connectivity index (χ2n) is 4.67. The third kappa shape index (κ3) is 4.70. The van der Waals surface area contributed by atoms with Crippen molar-refractivity contribution in [1.82, 2.24) is 9.78 Å². The fourth-order valence-corrected chi connectivity index (χ4v) is 2.70. The summed E-state index contributed by atoms with van der Waals surface area (Å²) in [6.07, 6.45) is -2.27. The number of hydrogen-bond acceptors (Lipinski definition) is 3. The third-order valence-corrected chi connectivity index (χ3v) is 4.00. The van der Waals surface area contributed by atoms with Gasteiger partial charge in [-0.2, -0.15) is 18.3 Å². The Hall–Kier alpha value is -1.63. The van der Waals surface area contributed by atoms with Crippen LogP contribution in [-0.2, 0) is 13.6 Å². The molecule has 0 amide bonds. The number of nitrogens with zero attached hydrogens (tertiary/aromatic N) is 2. The van der Waals surface area contributed by atoms with E-state index in [-0.39, 0.29) is 0 Å². The van der Waals surface area contributed by atoms with Crippen molar-refractivity contribution in [1.29, 1.82) is 0 Å². The van der Waals surface area contributed by atoms with Crippen LogP contribution in [0.1, 0.15) is 11.3 Å². The SMILES string of the molecule is Cc1nn(C)cc1CNc1ccccc1SCC(F)(F)F. The molecule has 0 saturated heterocycles. The van der Waals surface area contributed by atoms with Crippen molar-refractivity contribution in [3.05, 3.63) is 41.7 Å². The molecular weight excluding hydrogens is 299 g/mol. The lowest BCUT2D eigenvalue weighted by Gasteiger charge is -2.12. The second-order valence-corrected chi connectivity index (χ2v) is 5.68. The van der Waals surface area contributed by atoms with Gasteiger partial charge in [-0.1, -0.05) is 12.1 Å². The van der Waals surface area contributed by atoms with Crippen molar-refractivity contribution in [3.63, 3.8) is 0 Å². The van der Waals surface area contributed by atoms with Crippen LogP contribution in [0, 0.1) is 6.92 Å². The molecule has 2 rings (SSSR count). The van der Waals surface area contributed by atoms with Crippen LogP contribution < -0.4 is 5.32 Å². The lowest BCUT2D eigenvalue weighted by atomic mass is 10.2. The van der Waals surface area contributed by atoms with Crippen LogP contribution in [0.3, 0.4) is 0 Å². The van der Waals surface area contributed by atoms with E-state index in [9.17, 15) is 13.2 Å². The van der Waals surface area contributed by atoms with Gasteiger partial charge >= 0.3 is 6.18 Å². The first-order valence-corrected chi connectivity index (χ1v) is 7.35. The average molecular weight is 315 g/mol. The van der Waals surface area contributed by atoms with E-state index in [1.807, 2.05) is 20.2 Å². The van der Waals surface area contributed by atoms with Gasteiger partial charge in [0.15, 0.2) is 0 Å². The average Bonchev–Trinajstić information content (AvgIpc) is 2.72. The fourth-order valence-electron chi connectivity index (χ4n) is 1.91. The van der Waals surface area contributed by atoms with Crippen LogP contribution in [-0.4, -0.2) is 21.7 Å². The normalized spacial score (nSPS) is 11.7. The van der Waals surface area contributed by atoms with E-state index in [0.717, 1.165) is 23.0 Å². The Labute approximate surface area is 125 Å². The van der Waals surface area contributed by atoms with E-state index in [1.54, 1.807) is 28.9 Å². The number of aromatic nitrogens is 2. The summed E-state index contributed by atoms with van der Waals surface area (Å²) >= 11 is 0.790. The quantitative estimate of drug-likeness (QED) is 0.846. The Morgan fingerprint density at radius 3 is 2.62 bits per heavy atom. The zero-order valence-corrected chi connectivity index (χ0v) is 12.6. The summed E-state index contributed by atoms with van der Waals surface area (Å²) in [5.74, 6) is -0.891. The number of alkyl halides is 3. The zero-order valence-electron chi connectivity index (χ0n) is 11.7. The first kappa shape index (κ1) is 15.8. The number of anilines is 1. The van der Waals surface area contributed by atoms with Gasteiger partial charge < -0.3 is 5.32 Å². The standard InChI is InChI=1S/C14H16F3N3S/c1-10-11(8-20(2)19-10)7-18-12-5-3-4-6-13(12)21-9-14(15,16)17/h3-6,8,18H,7,9H2,1-2H3. The first-order chi connectivity index (χ1) is 9.85. The van der Waals surface area contributed by atoms with E-state index >= 15 is 0 Å². The maximum absolute atomic E-state index is 12.3. The molecule has 0 aliphatic rings. The predicted octanol–water partition coefficient (Wildman–Crippen LogP) is 4.00. The Bertz CT molecular complexity index is 608. The monoisotopic (exact) mass is 315 g/mol. The highest BCUT2D eigenvalue weighted by molar-refractivity contribution is 7.99. The van der Waals surface area contributed by atoms with Gasteiger partial charge in [0.25, 0.3) is 0 Å². The summed E-state index contributed by atoms with van der Waals surface area (Å²) in [5, 5.41) is 7.42. The number of thioether (sulfide) groups is 1. The molecule has 21 heavy (non-hydrogen) atoms. The molecule has 0 bridgehead atoms. The smallest absolute Gasteiger partial charge is 0.380 e. The maximum atomic E-state index is 12.3. The predicted molar refractivity (Wildman–Crippen MR) is 78.5 cm³/mol. The minimum Gasteiger partial charge on any atom is -0.380 e. The lowest BCUT2D eigenvalue weighted by molar-refractivity contribution is -0.105. The molecule has 0 spiro atoms. The largest absolute Gasteiger partial charge is 0.398 e. The first-order valence-electron chi connectivity index (χ1n) is 6.37. The molecule has 1 N–H and O–H groups in total. The molecule has 0 aliphatic heterocycles. The molecular formula is C14H16F3N3S. The molecule has 0 unspecified atom stereocenters. The van der Waals surface area contributed by atoms with Gasteiger partial charge in [0.1, 0.15) is 0 Å². The molecule has 0 radical (unpaired) electrons.